The highest BCUT2D eigenvalue weighted by Crippen LogP contribution is 2.07. The Bertz CT molecular complexity index is 384. The van der Waals surface area contributed by atoms with Gasteiger partial charge >= 0.3 is 5.97 Å². The Morgan fingerprint density at radius 3 is 2.65 bits per heavy atom. The molecule has 0 aliphatic heterocycles. The Morgan fingerprint density at radius 1 is 1.41 bits per heavy atom. The van der Waals surface area contributed by atoms with Gasteiger partial charge < -0.3 is 15.2 Å². The predicted octanol–water partition coefficient (Wildman–Crippen LogP) is 1.86. The highest BCUT2D eigenvalue weighted by molar-refractivity contribution is 5.87. The van der Waals surface area contributed by atoms with Crippen molar-refractivity contribution in [2.24, 2.45) is 0 Å². The maximum atomic E-state index is 11.4. The number of esters is 1. The summed E-state index contributed by atoms with van der Waals surface area (Å²) < 4.78 is 9.93. The number of methoxy groups -OCH3 is 1. The van der Waals surface area contributed by atoms with E-state index in [0.29, 0.717) is 12.3 Å². The maximum absolute atomic E-state index is 11.4. The molecule has 1 rings (SSSR count). The van der Waals surface area contributed by atoms with Crippen LogP contribution in [0.15, 0.2) is 30.3 Å². The standard InChI is InChI=1S/C13H17NO3/c1-10(9-16-2)17-13(15)8-5-11-3-6-12(14)7-4-11/h3-8,10H,9,14H2,1-2H3/b8-5+. The van der Waals surface area contributed by atoms with Crippen molar-refractivity contribution in [1.29, 1.82) is 0 Å². The molecule has 0 aromatic heterocycles. The van der Waals surface area contributed by atoms with Crippen LogP contribution in [0, 0.1) is 0 Å². The minimum atomic E-state index is -0.383. The van der Waals surface area contributed by atoms with Gasteiger partial charge in [0.05, 0.1) is 6.61 Å². The van der Waals surface area contributed by atoms with E-state index in [1.54, 1.807) is 32.2 Å². The van der Waals surface area contributed by atoms with Crippen LogP contribution in [0.25, 0.3) is 6.08 Å². The monoisotopic (exact) mass is 235 g/mol. The molecule has 1 aromatic carbocycles. The van der Waals surface area contributed by atoms with Crippen LogP contribution in [-0.2, 0) is 14.3 Å². The number of nitrogen functional groups attached to an aromatic ring is 1. The Hall–Kier alpha value is -1.81. The summed E-state index contributed by atoms with van der Waals surface area (Å²) >= 11 is 0. The summed E-state index contributed by atoms with van der Waals surface area (Å²) in [4.78, 5) is 11.4. The smallest absolute Gasteiger partial charge is 0.331 e. The van der Waals surface area contributed by atoms with Crippen LogP contribution in [0.3, 0.4) is 0 Å². The average molecular weight is 235 g/mol. The fourth-order valence-electron chi connectivity index (χ4n) is 1.28. The first-order valence-electron chi connectivity index (χ1n) is 5.35. The largest absolute Gasteiger partial charge is 0.457 e. The first-order chi connectivity index (χ1) is 8.11. The molecule has 0 radical (unpaired) electrons. The average Bonchev–Trinajstić information content (AvgIpc) is 2.28. The number of carbonyl (C=O) groups is 1. The van der Waals surface area contributed by atoms with Crippen LogP contribution in [0.5, 0.6) is 0 Å². The molecule has 2 N–H and O–H groups in total. The Morgan fingerprint density at radius 2 is 2.06 bits per heavy atom. The van der Waals surface area contributed by atoms with Crippen molar-refractivity contribution in [3.8, 4) is 0 Å². The van der Waals surface area contributed by atoms with Gasteiger partial charge in [-0.2, -0.15) is 0 Å². The molecule has 0 aliphatic carbocycles. The zero-order chi connectivity index (χ0) is 12.7. The lowest BCUT2D eigenvalue weighted by molar-refractivity contribution is -0.144. The van der Waals surface area contributed by atoms with E-state index in [2.05, 4.69) is 0 Å². The third kappa shape index (κ3) is 5.17. The Balaban J connectivity index is 2.47. The van der Waals surface area contributed by atoms with Crippen LogP contribution in [0.4, 0.5) is 5.69 Å². The number of anilines is 1. The van der Waals surface area contributed by atoms with Crippen LogP contribution in [0.1, 0.15) is 12.5 Å². The molecule has 1 atom stereocenters. The van der Waals surface area contributed by atoms with Gasteiger partial charge in [-0.3, -0.25) is 0 Å². The second-order valence-electron chi connectivity index (χ2n) is 3.70. The van der Waals surface area contributed by atoms with Crippen molar-refractivity contribution in [2.45, 2.75) is 13.0 Å². The molecule has 0 saturated heterocycles. The number of hydrogen-bond donors (Lipinski definition) is 1. The van der Waals surface area contributed by atoms with E-state index in [1.807, 2.05) is 12.1 Å². The lowest BCUT2D eigenvalue weighted by Gasteiger charge is -2.09. The molecule has 0 saturated carbocycles. The summed E-state index contributed by atoms with van der Waals surface area (Å²) in [6, 6.07) is 7.21. The molecule has 0 bridgehead atoms. The van der Waals surface area contributed by atoms with Gasteiger partial charge in [0.1, 0.15) is 6.10 Å². The van der Waals surface area contributed by atoms with Crippen molar-refractivity contribution in [3.05, 3.63) is 35.9 Å². The third-order valence-electron chi connectivity index (χ3n) is 2.07. The number of benzene rings is 1. The van der Waals surface area contributed by atoms with Crippen molar-refractivity contribution in [3.63, 3.8) is 0 Å². The molecule has 17 heavy (non-hydrogen) atoms. The lowest BCUT2D eigenvalue weighted by atomic mass is 10.2. The van der Waals surface area contributed by atoms with Crippen LogP contribution in [-0.4, -0.2) is 25.8 Å². The summed E-state index contributed by atoms with van der Waals surface area (Å²) in [7, 11) is 1.56. The second kappa shape index (κ2) is 6.70. The van der Waals surface area contributed by atoms with Crippen molar-refractivity contribution < 1.29 is 14.3 Å². The minimum Gasteiger partial charge on any atom is -0.457 e. The van der Waals surface area contributed by atoms with Gasteiger partial charge in [-0.1, -0.05) is 12.1 Å². The molecule has 92 valence electrons. The van der Waals surface area contributed by atoms with Crippen molar-refractivity contribution >= 4 is 17.7 Å². The fourth-order valence-corrected chi connectivity index (χ4v) is 1.28. The Labute approximate surface area is 101 Å². The normalized spacial score (nSPS) is 12.6. The molecule has 0 aliphatic rings. The van der Waals surface area contributed by atoms with Crippen LogP contribution >= 0.6 is 0 Å². The molecule has 4 nitrogen and oxygen atoms in total. The first kappa shape index (κ1) is 13.3. The number of carbonyl (C=O) groups excluding carboxylic acids is 1. The summed E-state index contributed by atoms with van der Waals surface area (Å²) in [5.74, 6) is -0.383. The molecule has 1 unspecified atom stereocenters. The van der Waals surface area contributed by atoms with E-state index < -0.39 is 0 Å². The topological polar surface area (TPSA) is 61.5 Å². The molecular weight excluding hydrogens is 218 g/mol. The van der Waals surface area contributed by atoms with Gasteiger partial charge in [0.2, 0.25) is 0 Å². The van der Waals surface area contributed by atoms with E-state index in [0.717, 1.165) is 5.56 Å². The zero-order valence-corrected chi connectivity index (χ0v) is 10.1. The van der Waals surface area contributed by atoms with E-state index in [9.17, 15) is 4.79 Å². The summed E-state index contributed by atoms with van der Waals surface area (Å²) in [5.41, 5.74) is 7.14. The lowest BCUT2D eigenvalue weighted by Crippen LogP contribution is -2.18. The molecule has 4 heteroatoms. The van der Waals surface area contributed by atoms with Gasteiger partial charge in [0.15, 0.2) is 0 Å². The molecule has 0 fully saturated rings. The van der Waals surface area contributed by atoms with E-state index >= 15 is 0 Å². The minimum absolute atomic E-state index is 0.247. The molecule has 0 spiro atoms. The van der Waals surface area contributed by atoms with E-state index in [4.69, 9.17) is 15.2 Å². The van der Waals surface area contributed by atoms with Crippen molar-refractivity contribution in [2.75, 3.05) is 19.5 Å². The Kier molecular flexibility index (Phi) is 5.23. The fraction of sp³-hybridized carbons (Fsp3) is 0.308. The van der Waals surface area contributed by atoms with Crippen LogP contribution in [0.2, 0.25) is 0 Å². The number of rotatable bonds is 5. The molecule has 0 heterocycles. The quantitative estimate of drug-likeness (QED) is 0.480. The summed E-state index contributed by atoms with van der Waals surface area (Å²) in [5, 5.41) is 0. The number of hydrogen-bond acceptors (Lipinski definition) is 4. The molecule has 0 amide bonds. The van der Waals surface area contributed by atoms with E-state index in [-0.39, 0.29) is 12.1 Å². The van der Waals surface area contributed by atoms with Crippen LogP contribution < -0.4 is 5.73 Å². The predicted molar refractivity (Wildman–Crippen MR) is 67.3 cm³/mol. The van der Waals surface area contributed by atoms with E-state index in [1.165, 1.54) is 6.08 Å². The number of nitrogens with two attached hydrogens (primary N) is 1. The van der Waals surface area contributed by atoms with Crippen molar-refractivity contribution in [1.82, 2.24) is 0 Å². The highest BCUT2D eigenvalue weighted by Gasteiger charge is 2.05. The molecular formula is C13H17NO3. The third-order valence-corrected chi connectivity index (χ3v) is 2.07. The maximum Gasteiger partial charge on any atom is 0.331 e. The van der Waals surface area contributed by atoms with Gasteiger partial charge in [-0.25, -0.2) is 4.79 Å². The SMILES string of the molecule is COCC(C)OC(=O)/C=C/c1ccc(N)cc1. The highest BCUT2D eigenvalue weighted by atomic mass is 16.6. The second-order valence-corrected chi connectivity index (χ2v) is 3.70. The first-order valence-corrected chi connectivity index (χ1v) is 5.35. The number of ether oxygens (including phenoxy) is 2. The zero-order valence-electron chi connectivity index (χ0n) is 10.1. The van der Waals surface area contributed by atoms with Gasteiger partial charge in [-0.15, -0.1) is 0 Å². The van der Waals surface area contributed by atoms with Gasteiger partial charge in [0.25, 0.3) is 0 Å². The molecule has 1 aromatic rings. The van der Waals surface area contributed by atoms with Gasteiger partial charge in [-0.05, 0) is 30.7 Å². The summed E-state index contributed by atoms with van der Waals surface area (Å²) in [6.07, 6.45) is 2.82. The van der Waals surface area contributed by atoms with Gasteiger partial charge in [0, 0.05) is 18.9 Å². The summed E-state index contributed by atoms with van der Waals surface area (Å²) in [6.45, 7) is 2.17.